The molecule has 0 bridgehead atoms. The molecule has 1 N–H and O–H groups in total. The number of nitrogens with one attached hydrogen (secondary N) is 1. The van der Waals surface area contributed by atoms with E-state index in [0.717, 1.165) is 35.5 Å². The molecule has 1 aromatic heterocycles. The molecule has 2 aliphatic rings. The van der Waals surface area contributed by atoms with E-state index in [-0.39, 0.29) is 17.9 Å². The van der Waals surface area contributed by atoms with Gasteiger partial charge in [0.2, 0.25) is 5.91 Å². The largest absolute Gasteiger partial charge is 0.337 e. The molecule has 1 saturated carbocycles. The van der Waals surface area contributed by atoms with E-state index >= 15 is 0 Å². The van der Waals surface area contributed by atoms with Gasteiger partial charge in [-0.25, -0.2) is 9.97 Å². The number of aromatic nitrogens is 2. The average molecular weight is 310 g/mol. The summed E-state index contributed by atoms with van der Waals surface area (Å²) < 4.78 is 0. The van der Waals surface area contributed by atoms with Crippen LogP contribution < -0.4 is 5.32 Å². The summed E-state index contributed by atoms with van der Waals surface area (Å²) >= 11 is 0. The number of rotatable bonds is 3. The van der Waals surface area contributed by atoms with Crippen LogP contribution in [0.2, 0.25) is 0 Å². The molecule has 1 amide bonds. The highest BCUT2D eigenvalue weighted by molar-refractivity contribution is 5.85. The lowest BCUT2D eigenvalue weighted by molar-refractivity contribution is -0.134. The van der Waals surface area contributed by atoms with Crippen LogP contribution in [-0.2, 0) is 4.79 Å². The zero-order valence-electron chi connectivity index (χ0n) is 13.8. The Hall–Kier alpha value is -2.01. The van der Waals surface area contributed by atoms with Gasteiger partial charge in [-0.05, 0) is 44.8 Å². The van der Waals surface area contributed by atoms with Crippen molar-refractivity contribution in [2.24, 2.45) is 17.8 Å². The number of carbonyl (C=O) groups is 1. The SMILES string of the molecule is Cc1nc(C(C)N(C)C(=O)C2C3CNCC32)c2ccccc2n1. The lowest BCUT2D eigenvalue weighted by atomic mass is 10.1. The molecule has 1 aliphatic carbocycles. The van der Waals surface area contributed by atoms with Crippen LogP contribution >= 0.6 is 0 Å². The third-order valence-corrected chi connectivity index (χ3v) is 5.45. The van der Waals surface area contributed by atoms with Crippen LogP contribution in [0.15, 0.2) is 24.3 Å². The number of piperidine rings is 1. The third kappa shape index (κ3) is 2.30. The van der Waals surface area contributed by atoms with Crippen molar-refractivity contribution in [1.29, 1.82) is 0 Å². The maximum absolute atomic E-state index is 12.8. The number of hydrogen-bond acceptors (Lipinski definition) is 4. The second-order valence-electron chi connectivity index (χ2n) is 6.81. The molecule has 4 rings (SSSR count). The van der Waals surface area contributed by atoms with E-state index in [1.807, 2.05) is 43.1 Å². The zero-order chi connectivity index (χ0) is 16.1. The first-order chi connectivity index (χ1) is 11.1. The second-order valence-corrected chi connectivity index (χ2v) is 6.81. The highest BCUT2D eigenvalue weighted by Crippen LogP contribution is 2.50. The molecule has 2 fully saturated rings. The summed E-state index contributed by atoms with van der Waals surface area (Å²) in [6, 6.07) is 7.96. The van der Waals surface area contributed by atoms with E-state index in [0.29, 0.717) is 11.8 Å². The standard InChI is InChI=1S/C18H22N4O/c1-10(22(3)18(23)16-13-8-19-9-14(13)16)17-12-6-4-5-7-15(12)20-11(2)21-17/h4-7,10,13-14,16,19H,8-9H2,1-3H3. The quantitative estimate of drug-likeness (QED) is 0.941. The van der Waals surface area contributed by atoms with Crippen molar-refractivity contribution in [3.05, 3.63) is 35.8 Å². The highest BCUT2D eigenvalue weighted by Gasteiger charge is 2.57. The Bertz CT molecular complexity index is 765. The zero-order valence-corrected chi connectivity index (χ0v) is 13.8. The molecule has 2 heterocycles. The van der Waals surface area contributed by atoms with Gasteiger partial charge in [-0.2, -0.15) is 0 Å². The van der Waals surface area contributed by atoms with E-state index in [1.165, 1.54) is 0 Å². The summed E-state index contributed by atoms with van der Waals surface area (Å²) in [4.78, 5) is 23.8. The van der Waals surface area contributed by atoms with Crippen LogP contribution in [0.5, 0.6) is 0 Å². The molecule has 1 saturated heterocycles. The molecule has 1 aliphatic heterocycles. The van der Waals surface area contributed by atoms with Gasteiger partial charge in [0, 0.05) is 18.4 Å². The summed E-state index contributed by atoms with van der Waals surface area (Å²) in [5.74, 6) is 2.30. The monoisotopic (exact) mass is 310 g/mol. The van der Waals surface area contributed by atoms with E-state index in [9.17, 15) is 4.79 Å². The minimum atomic E-state index is -0.0524. The van der Waals surface area contributed by atoms with Gasteiger partial charge in [0.25, 0.3) is 0 Å². The predicted octanol–water partition coefficient (Wildman–Crippen LogP) is 1.92. The molecule has 0 spiro atoms. The molecule has 2 aromatic rings. The maximum atomic E-state index is 12.8. The number of carbonyl (C=O) groups excluding carboxylic acids is 1. The van der Waals surface area contributed by atoms with E-state index < -0.39 is 0 Å². The van der Waals surface area contributed by atoms with Crippen molar-refractivity contribution in [2.45, 2.75) is 19.9 Å². The smallest absolute Gasteiger partial charge is 0.226 e. The lowest BCUT2D eigenvalue weighted by Crippen LogP contribution is -2.34. The summed E-state index contributed by atoms with van der Waals surface area (Å²) in [6.45, 7) is 5.93. The minimum Gasteiger partial charge on any atom is -0.337 e. The van der Waals surface area contributed by atoms with Gasteiger partial charge < -0.3 is 10.2 Å². The molecule has 5 nitrogen and oxygen atoms in total. The molecule has 120 valence electrons. The topological polar surface area (TPSA) is 58.1 Å². The Morgan fingerprint density at radius 3 is 2.70 bits per heavy atom. The number of para-hydroxylation sites is 1. The summed E-state index contributed by atoms with van der Waals surface area (Å²) in [5, 5.41) is 4.38. The van der Waals surface area contributed by atoms with Gasteiger partial charge in [0.15, 0.2) is 0 Å². The third-order valence-electron chi connectivity index (χ3n) is 5.45. The molecule has 3 unspecified atom stereocenters. The number of amides is 1. The van der Waals surface area contributed by atoms with Crippen molar-refractivity contribution in [1.82, 2.24) is 20.2 Å². The van der Waals surface area contributed by atoms with Gasteiger partial charge in [-0.15, -0.1) is 0 Å². The number of fused-ring (bicyclic) bond motifs is 2. The summed E-state index contributed by atoms with van der Waals surface area (Å²) in [7, 11) is 1.90. The Morgan fingerprint density at radius 1 is 1.26 bits per heavy atom. The van der Waals surface area contributed by atoms with Crippen LogP contribution in [0, 0.1) is 24.7 Å². The fourth-order valence-electron chi connectivity index (χ4n) is 3.93. The van der Waals surface area contributed by atoms with Crippen LogP contribution in [0.3, 0.4) is 0 Å². The number of benzene rings is 1. The van der Waals surface area contributed by atoms with E-state index in [1.54, 1.807) is 0 Å². The Balaban J connectivity index is 1.63. The normalized spacial score (nSPS) is 26.8. The molecule has 3 atom stereocenters. The van der Waals surface area contributed by atoms with Gasteiger partial charge in [0.05, 0.1) is 17.3 Å². The fourth-order valence-corrected chi connectivity index (χ4v) is 3.93. The summed E-state index contributed by atoms with van der Waals surface area (Å²) in [5.41, 5.74) is 1.88. The average Bonchev–Trinajstić information content (AvgIpc) is 3.03. The van der Waals surface area contributed by atoms with Crippen LogP contribution in [-0.4, -0.2) is 40.9 Å². The first-order valence-electron chi connectivity index (χ1n) is 8.28. The van der Waals surface area contributed by atoms with Crippen LogP contribution in [0.1, 0.15) is 24.5 Å². The fraction of sp³-hybridized carbons (Fsp3) is 0.500. The van der Waals surface area contributed by atoms with Crippen molar-refractivity contribution >= 4 is 16.8 Å². The molecule has 0 radical (unpaired) electrons. The molecule has 23 heavy (non-hydrogen) atoms. The van der Waals surface area contributed by atoms with Crippen molar-refractivity contribution in [2.75, 3.05) is 20.1 Å². The van der Waals surface area contributed by atoms with Crippen molar-refractivity contribution < 1.29 is 4.79 Å². The van der Waals surface area contributed by atoms with Crippen LogP contribution in [0.4, 0.5) is 0 Å². The van der Waals surface area contributed by atoms with E-state index in [2.05, 4.69) is 22.2 Å². The molecular formula is C18H22N4O. The first-order valence-corrected chi connectivity index (χ1v) is 8.28. The molecule has 5 heteroatoms. The van der Waals surface area contributed by atoms with Gasteiger partial charge in [0.1, 0.15) is 5.82 Å². The number of aryl methyl sites for hydroxylation is 1. The van der Waals surface area contributed by atoms with Gasteiger partial charge in [-0.1, -0.05) is 18.2 Å². The maximum Gasteiger partial charge on any atom is 0.226 e. The highest BCUT2D eigenvalue weighted by atomic mass is 16.2. The Morgan fingerprint density at radius 2 is 1.96 bits per heavy atom. The molecule has 1 aromatic carbocycles. The first kappa shape index (κ1) is 14.6. The van der Waals surface area contributed by atoms with E-state index in [4.69, 9.17) is 0 Å². The van der Waals surface area contributed by atoms with Crippen molar-refractivity contribution in [3.63, 3.8) is 0 Å². The molecular weight excluding hydrogens is 288 g/mol. The minimum absolute atomic E-state index is 0.0524. The Labute approximate surface area is 136 Å². The Kier molecular flexibility index (Phi) is 3.34. The van der Waals surface area contributed by atoms with Gasteiger partial charge in [-0.3, -0.25) is 4.79 Å². The predicted molar refractivity (Wildman–Crippen MR) is 88.8 cm³/mol. The van der Waals surface area contributed by atoms with Crippen molar-refractivity contribution in [3.8, 4) is 0 Å². The van der Waals surface area contributed by atoms with Gasteiger partial charge >= 0.3 is 0 Å². The summed E-state index contributed by atoms with van der Waals surface area (Å²) in [6.07, 6.45) is 0. The lowest BCUT2D eigenvalue weighted by Gasteiger charge is -2.26. The van der Waals surface area contributed by atoms with Crippen LogP contribution in [0.25, 0.3) is 10.9 Å². The second kappa shape index (κ2) is 5.27. The number of hydrogen-bond donors (Lipinski definition) is 1. The number of nitrogens with zero attached hydrogens (tertiary/aromatic N) is 3.